The van der Waals surface area contributed by atoms with Gasteiger partial charge in [0.05, 0.1) is 119 Å². The number of hydrogen-bond acceptors (Lipinski definition) is 12. The Bertz CT molecular complexity index is 4050. The number of hydrogen-bond donors (Lipinski definition) is 0. The van der Waals surface area contributed by atoms with Gasteiger partial charge in [-0.1, -0.05) is 54.6 Å². The number of aromatic nitrogens is 3. The average Bonchev–Trinajstić information content (AvgIpc) is 1.70. The Morgan fingerprint density at radius 3 is 0.843 bits per heavy atom. The Labute approximate surface area is 518 Å². The molecule has 0 fully saturated rings. The molecule has 0 N–H and O–H groups in total. The summed E-state index contributed by atoms with van der Waals surface area (Å²) in [6.45, 7) is 10.8. The van der Waals surface area contributed by atoms with Gasteiger partial charge < -0.3 is 70.7 Å². The highest BCUT2D eigenvalue weighted by atomic mass is 16.6. The minimum atomic E-state index is 0.433. The molecule has 0 aliphatic rings. The van der Waals surface area contributed by atoms with Crippen LogP contribution in [-0.2, 0) is 37.9 Å². The van der Waals surface area contributed by atoms with Crippen LogP contribution in [0.1, 0.15) is 6.92 Å². The van der Waals surface area contributed by atoms with E-state index in [0.717, 1.165) is 117 Å². The molecule has 458 valence electrons. The lowest BCUT2D eigenvalue weighted by Gasteiger charge is -2.26. The highest BCUT2D eigenvalue weighted by Gasteiger charge is 2.22. The number of benzene rings is 9. The van der Waals surface area contributed by atoms with Gasteiger partial charge in [0.15, 0.2) is 0 Å². The minimum absolute atomic E-state index is 0.433. The molecule has 0 bridgehead atoms. The van der Waals surface area contributed by atoms with Crippen LogP contribution >= 0.6 is 0 Å². The average molecular weight is 1200 g/mol. The zero-order chi connectivity index (χ0) is 60.6. The maximum absolute atomic E-state index is 6.11. The maximum Gasteiger partial charge on any atom is 0.119 e. The second kappa shape index (κ2) is 30.0. The van der Waals surface area contributed by atoms with Gasteiger partial charge in [-0.05, 0) is 153 Å². The van der Waals surface area contributed by atoms with Crippen molar-refractivity contribution in [3.63, 3.8) is 0 Å². The number of ether oxygens (including phenoxy) is 11. The molecule has 0 amide bonds. The van der Waals surface area contributed by atoms with E-state index >= 15 is 0 Å². The molecule has 15 heteroatoms. The first kappa shape index (κ1) is 60.5. The van der Waals surface area contributed by atoms with Crippen molar-refractivity contribution in [1.29, 1.82) is 0 Å². The van der Waals surface area contributed by atoms with Crippen molar-refractivity contribution < 1.29 is 52.1 Å². The van der Waals surface area contributed by atoms with E-state index in [1.165, 1.54) is 0 Å². The third-order valence-electron chi connectivity index (χ3n) is 15.7. The van der Waals surface area contributed by atoms with Crippen LogP contribution in [0, 0.1) is 0 Å². The first-order chi connectivity index (χ1) is 44.1. The zero-order valence-corrected chi connectivity index (χ0v) is 50.9. The monoisotopic (exact) mass is 1200 g/mol. The van der Waals surface area contributed by atoms with Gasteiger partial charge in [-0.2, -0.15) is 0 Å². The molecule has 0 unspecified atom stereocenters. The van der Waals surface area contributed by atoms with Gasteiger partial charge in [0.25, 0.3) is 0 Å². The molecular formula is C74H76N4O11. The number of nitrogens with zero attached hydrogens (tertiary/aromatic N) is 4. The van der Waals surface area contributed by atoms with Crippen LogP contribution in [0.15, 0.2) is 200 Å². The van der Waals surface area contributed by atoms with Crippen LogP contribution in [-0.4, -0.2) is 140 Å². The van der Waals surface area contributed by atoms with Gasteiger partial charge in [0.1, 0.15) is 37.1 Å². The van der Waals surface area contributed by atoms with E-state index in [2.05, 4.69) is 182 Å². The van der Waals surface area contributed by atoms with E-state index in [1.807, 2.05) is 43.3 Å². The molecule has 15 nitrogen and oxygen atoms in total. The molecule has 0 aliphatic heterocycles. The van der Waals surface area contributed by atoms with Crippen LogP contribution < -0.4 is 19.1 Å². The van der Waals surface area contributed by atoms with Crippen molar-refractivity contribution in [2.45, 2.75) is 6.92 Å². The van der Waals surface area contributed by atoms with Crippen molar-refractivity contribution in [2.75, 3.05) is 131 Å². The molecule has 9 aromatic carbocycles. The largest absolute Gasteiger partial charge is 0.491 e. The quantitative estimate of drug-likeness (QED) is 0.0357. The number of methoxy groups -OCH3 is 2. The first-order valence-electron chi connectivity index (χ1n) is 30.6. The summed E-state index contributed by atoms with van der Waals surface area (Å²) in [5.74, 6) is 2.34. The smallest absolute Gasteiger partial charge is 0.119 e. The molecule has 0 atom stereocenters. The number of fused-ring (bicyclic) bond motifs is 9. The van der Waals surface area contributed by atoms with E-state index in [0.29, 0.717) is 112 Å². The lowest BCUT2D eigenvalue weighted by Crippen LogP contribution is -2.12. The van der Waals surface area contributed by atoms with E-state index in [9.17, 15) is 0 Å². The fourth-order valence-electron chi connectivity index (χ4n) is 11.6. The number of anilines is 3. The predicted molar refractivity (Wildman–Crippen MR) is 355 cm³/mol. The topological polar surface area (TPSA) is 120 Å². The molecule has 3 heterocycles. The van der Waals surface area contributed by atoms with Gasteiger partial charge in [-0.25, -0.2) is 0 Å². The molecular weight excluding hydrogens is 1120 g/mol. The standard InChI is InChI=1S/C74H76N4O11/c1-4-81-39-40-84-45-48-87-60-26-17-54(18-27-60)76-69-14-8-5-11-63(69)66-51-57(23-32-72(66)76)75(58-24-33-73-67(52-58)64-12-6-9-15-70(64)77(73)55-19-28-61(29-20-55)88-49-46-85-43-41-82-37-35-79-2)59-25-34-74-68(53-59)65-13-7-10-16-71(65)78(74)56-21-30-62(31-22-56)89-50-47-86-44-42-83-38-36-80-3/h5-34,51-53H,4,35-50H2,1-3H3. The van der Waals surface area contributed by atoms with Crippen molar-refractivity contribution >= 4 is 82.5 Å². The van der Waals surface area contributed by atoms with Gasteiger partial charge in [-0.15, -0.1) is 0 Å². The van der Waals surface area contributed by atoms with Gasteiger partial charge >= 0.3 is 0 Å². The number of para-hydroxylation sites is 3. The van der Waals surface area contributed by atoms with Crippen molar-refractivity contribution in [3.8, 4) is 34.3 Å². The molecule has 3 aromatic heterocycles. The molecule has 0 saturated heterocycles. The van der Waals surface area contributed by atoms with Crippen LogP contribution in [0.4, 0.5) is 17.1 Å². The summed E-state index contributed by atoms with van der Waals surface area (Å²) in [6, 6.07) is 71.5. The van der Waals surface area contributed by atoms with E-state index in [1.54, 1.807) is 14.2 Å². The fraction of sp³-hybridized carbons (Fsp3) is 0.270. The van der Waals surface area contributed by atoms with Crippen molar-refractivity contribution in [3.05, 3.63) is 200 Å². The first-order valence-corrected chi connectivity index (χ1v) is 30.6. The molecule has 0 radical (unpaired) electrons. The maximum atomic E-state index is 6.11. The summed E-state index contributed by atoms with van der Waals surface area (Å²) in [6.07, 6.45) is 0. The van der Waals surface area contributed by atoms with E-state index in [-0.39, 0.29) is 0 Å². The highest BCUT2D eigenvalue weighted by Crippen LogP contribution is 2.45. The molecule has 0 saturated carbocycles. The molecule has 89 heavy (non-hydrogen) atoms. The summed E-state index contributed by atoms with van der Waals surface area (Å²) >= 11 is 0. The molecule has 0 spiro atoms. The van der Waals surface area contributed by atoms with Crippen LogP contribution in [0.3, 0.4) is 0 Å². The Hall–Kier alpha value is -8.74. The zero-order valence-electron chi connectivity index (χ0n) is 50.9. The van der Waals surface area contributed by atoms with Crippen LogP contribution in [0.5, 0.6) is 17.2 Å². The lowest BCUT2D eigenvalue weighted by molar-refractivity contribution is 0.0180. The highest BCUT2D eigenvalue weighted by molar-refractivity contribution is 6.14. The van der Waals surface area contributed by atoms with E-state index < -0.39 is 0 Å². The summed E-state index contributed by atoms with van der Waals surface area (Å²) in [4.78, 5) is 2.41. The summed E-state index contributed by atoms with van der Waals surface area (Å²) in [5.41, 5.74) is 12.8. The summed E-state index contributed by atoms with van der Waals surface area (Å²) in [7, 11) is 3.33. The Morgan fingerprint density at radius 2 is 0.539 bits per heavy atom. The Morgan fingerprint density at radius 1 is 0.270 bits per heavy atom. The third-order valence-corrected chi connectivity index (χ3v) is 15.7. The number of rotatable bonds is 34. The van der Waals surface area contributed by atoms with Crippen LogP contribution in [0.25, 0.3) is 82.5 Å². The molecule has 12 rings (SSSR count). The van der Waals surface area contributed by atoms with Gasteiger partial charge in [0.2, 0.25) is 0 Å². The second-order valence-corrected chi connectivity index (χ2v) is 21.3. The second-order valence-electron chi connectivity index (χ2n) is 21.3. The molecule has 0 aliphatic carbocycles. The Kier molecular flexibility index (Phi) is 20.4. The fourth-order valence-corrected chi connectivity index (χ4v) is 11.6. The van der Waals surface area contributed by atoms with Gasteiger partial charge in [-0.3, -0.25) is 0 Å². The third kappa shape index (κ3) is 13.9. The van der Waals surface area contributed by atoms with E-state index in [4.69, 9.17) is 52.1 Å². The molecule has 12 aromatic rings. The summed E-state index contributed by atoms with van der Waals surface area (Å²) < 4.78 is 69.0. The summed E-state index contributed by atoms with van der Waals surface area (Å²) in [5, 5.41) is 6.85. The minimum Gasteiger partial charge on any atom is -0.491 e. The normalized spacial score (nSPS) is 11.8. The van der Waals surface area contributed by atoms with Crippen molar-refractivity contribution in [1.82, 2.24) is 13.7 Å². The SMILES string of the molecule is CCOCCOCCOc1ccc(-n2c3ccccc3c3cc(N(c4ccc5c(c4)c4ccccc4n5-c4ccc(OCCOCCOCCOC)cc4)c4ccc5c(c4)c4ccccc4n5-c4ccc(OCCOCCOCCOC)cc4)ccc32)cc1. The predicted octanol–water partition coefficient (Wildman–Crippen LogP) is 15.0. The van der Waals surface area contributed by atoms with Gasteiger partial charge in [0, 0.05) is 87.3 Å². The van der Waals surface area contributed by atoms with Crippen molar-refractivity contribution in [2.24, 2.45) is 0 Å². The van der Waals surface area contributed by atoms with Crippen LogP contribution in [0.2, 0.25) is 0 Å². The lowest BCUT2D eigenvalue weighted by atomic mass is 10.1. The Balaban J connectivity index is 0.892.